The summed E-state index contributed by atoms with van der Waals surface area (Å²) in [6.07, 6.45) is 3.22. The lowest BCUT2D eigenvalue weighted by Gasteiger charge is -2.15. The molecule has 124 valence electrons. The van der Waals surface area contributed by atoms with Gasteiger partial charge in [-0.1, -0.05) is 50.6 Å². The molecule has 0 saturated heterocycles. The number of nitrogens with one attached hydrogen (secondary N) is 1. The van der Waals surface area contributed by atoms with E-state index in [4.69, 9.17) is 9.47 Å². The van der Waals surface area contributed by atoms with E-state index in [1.807, 2.05) is 36.4 Å². The lowest BCUT2D eigenvalue weighted by atomic mass is 10.2. The van der Waals surface area contributed by atoms with E-state index < -0.39 is 0 Å². The smallest absolute Gasteiger partial charge is 0.142 e. The Hall–Kier alpha value is -2.16. The van der Waals surface area contributed by atoms with Crippen molar-refractivity contribution in [3.8, 4) is 11.5 Å². The van der Waals surface area contributed by atoms with Gasteiger partial charge < -0.3 is 14.8 Å². The van der Waals surface area contributed by atoms with Gasteiger partial charge in [0.2, 0.25) is 0 Å². The van der Waals surface area contributed by atoms with Gasteiger partial charge in [0.25, 0.3) is 0 Å². The summed E-state index contributed by atoms with van der Waals surface area (Å²) in [7, 11) is 0. The third-order valence-electron chi connectivity index (χ3n) is 3.55. The number of hydrogen-bond donors (Lipinski definition) is 1. The maximum absolute atomic E-state index is 5.87. The molecular formula is C20H27NO2. The topological polar surface area (TPSA) is 30.5 Å². The first-order valence-corrected chi connectivity index (χ1v) is 8.51. The average Bonchev–Trinajstić information content (AvgIpc) is 2.60. The highest BCUT2D eigenvalue weighted by atomic mass is 16.5. The Labute approximate surface area is 139 Å². The monoisotopic (exact) mass is 313 g/mol. The number of rotatable bonds is 10. The highest BCUT2D eigenvalue weighted by Gasteiger charge is 2.06. The Kier molecular flexibility index (Phi) is 7.31. The molecule has 2 aromatic rings. The predicted octanol–water partition coefficient (Wildman–Crippen LogP) is 5.27. The van der Waals surface area contributed by atoms with Crippen molar-refractivity contribution in [3.05, 3.63) is 54.1 Å². The maximum Gasteiger partial charge on any atom is 0.142 e. The molecule has 0 aliphatic heterocycles. The lowest BCUT2D eigenvalue weighted by molar-refractivity contribution is 0.310. The molecule has 0 amide bonds. The fourth-order valence-electron chi connectivity index (χ4n) is 2.26. The van der Waals surface area contributed by atoms with Gasteiger partial charge in [-0.2, -0.15) is 0 Å². The van der Waals surface area contributed by atoms with E-state index in [9.17, 15) is 0 Å². The molecule has 0 bridgehead atoms. The molecule has 1 N–H and O–H groups in total. The van der Waals surface area contributed by atoms with Gasteiger partial charge in [-0.15, -0.1) is 0 Å². The van der Waals surface area contributed by atoms with Crippen molar-refractivity contribution in [2.75, 3.05) is 18.5 Å². The van der Waals surface area contributed by atoms with Gasteiger partial charge in [-0.25, -0.2) is 0 Å². The van der Waals surface area contributed by atoms with Gasteiger partial charge in [0.15, 0.2) is 0 Å². The molecule has 3 heteroatoms. The number of para-hydroxylation sites is 3. The number of anilines is 1. The van der Waals surface area contributed by atoms with Gasteiger partial charge in [-0.3, -0.25) is 0 Å². The molecule has 0 aliphatic rings. The van der Waals surface area contributed by atoms with Crippen molar-refractivity contribution in [2.45, 2.75) is 39.7 Å². The summed E-state index contributed by atoms with van der Waals surface area (Å²) in [6.45, 7) is 6.50. The maximum atomic E-state index is 5.87. The first-order chi connectivity index (χ1) is 11.3. The van der Waals surface area contributed by atoms with Crippen molar-refractivity contribution in [1.29, 1.82) is 0 Å². The van der Waals surface area contributed by atoms with Crippen LogP contribution in [0.25, 0.3) is 0 Å². The van der Waals surface area contributed by atoms with E-state index >= 15 is 0 Å². The minimum absolute atomic E-state index is 0.716. The number of ether oxygens (including phenoxy) is 2. The van der Waals surface area contributed by atoms with Crippen LogP contribution in [0.3, 0.4) is 0 Å². The van der Waals surface area contributed by atoms with Crippen molar-refractivity contribution < 1.29 is 9.47 Å². The molecule has 2 rings (SSSR count). The molecule has 0 fully saturated rings. The Balaban J connectivity index is 2.00. The van der Waals surface area contributed by atoms with Crippen LogP contribution in [0.15, 0.2) is 48.5 Å². The van der Waals surface area contributed by atoms with Crippen LogP contribution in [0.1, 0.15) is 38.7 Å². The molecule has 0 atom stereocenters. The second-order valence-electron chi connectivity index (χ2n) is 5.51. The molecule has 0 heterocycles. The van der Waals surface area contributed by atoms with Gasteiger partial charge >= 0.3 is 0 Å². The molecule has 23 heavy (non-hydrogen) atoms. The molecule has 0 saturated carbocycles. The predicted molar refractivity (Wildman–Crippen MR) is 96.4 cm³/mol. The molecule has 3 nitrogen and oxygen atoms in total. The van der Waals surface area contributed by atoms with E-state index in [0.717, 1.165) is 55.2 Å². The van der Waals surface area contributed by atoms with Crippen molar-refractivity contribution in [2.24, 2.45) is 0 Å². The summed E-state index contributed by atoms with van der Waals surface area (Å²) < 4.78 is 11.7. The lowest BCUT2D eigenvalue weighted by Crippen LogP contribution is -2.06. The summed E-state index contributed by atoms with van der Waals surface area (Å²) in [6, 6.07) is 16.3. The molecule has 0 aliphatic carbocycles. The highest BCUT2D eigenvalue weighted by molar-refractivity contribution is 5.56. The van der Waals surface area contributed by atoms with E-state index in [0.29, 0.717) is 6.54 Å². The zero-order chi connectivity index (χ0) is 16.3. The Morgan fingerprint density at radius 1 is 0.783 bits per heavy atom. The SMILES string of the molecule is CCCCOc1ccccc1NCc1ccccc1OCCC. The van der Waals surface area contributed by atoms with Gasteiger partial charge in [0.05, 0.1) is 18.9 Å². The summed E-state index contributed by atoms with van der Waals surface area (Å²) in [5.41, 5.74) is 2.18. The standard InChI is InChI=1S/C20H27NO2/c1-3-5-15-23-20-13-9-7-11-18(20)21-16-17-10-6-8-12-19(17)22-14-4-2/h6-13,21H,3-5,14-16H2,1-2H3. The summed E-state index contributed by atoms with van der Waals surface area (Å²) >= 11 is 0. The molecule has 0 radical (unpaired) electrons. The normalized spacial score (nSPS) is 10.3. The van der Waals surface area contributed by atoms with Crippen LogP contribution in [0, 0.1) is 0 Å². The Morgan fingerprint density at radius 3 is 2.26 bits per heavy atom. The summed E-state index contributed by atoms with van der Waals surface area (Å²) in [5, 5.41) is 3.47. The van der Waals surface area contributed by atoms with E-state index in [-0.39, 0.29) is 0 Å². The quantitative estimate of drug-likeness (QED) is 0.606. The first-order valence-electron chi connectivity index (χ1n) is 8.51. The zero-order valence-electron chi connectivity index (χ0n) is 14.2. The molecule has 0 aromatic heterocycles. The van der Waals surface area contributed by atoms with Crippen LogP contribution in [0.4, 0.5) is 5.69 Å². The largest absolute Gasteiger partial charge is 0.493 e. The fourth-order valence-corrected chi connectivity index (χ4v) is 2.26. The second-order valence-corrected chi connectivity index (χ2v) is 5.51. The average molecular weight is 313 g/mol. The number of unbranched alkanes of at least 4 members (excludes halogenated alkanes) is 1. The van der Waals surface area contributed by atoms with E-state index in [2.05, 4.69) is 31.3 Å². The number of benzene rings is 2. The molecular weight excluding hydrogens is 286 g/mol. The van der Waals surface area contributed by atoms with Gasteiger partial charge in [0, 0.05) is 12.1 Å². The Morgan fingerprint density at radius 2 is 1.48 bits per heavy atom. The van der Waals surface area contributed by atoms with E-state index in [1.54, 1.807) is 0 Å². The molecule has 0 unspecified atom stereocenters. The van der Waals surface area contributed by atoms with Crippen molar-refractivity contribution in [3.63, 3.8) is 0 Å². The summed E-state index contributed by atoms with van der Waals surface area (Å²) in [4.78, 5) is 0. The third-order valence-corrected chi connectivity index (χ3v) is 3.55. The van der Waals surface area contributed by atoms with Crippen LogP contribution in [-0.4, -0.2) is 13.2 Å². The van der Waals surface area contributed by atoms with Crippen LogP contribution in [-0.2, 0) is 6.54 Å². The molecule has 2 aromatic carbocycles. The molecule has 0 spiro atoms. The minimum Gasteiger partial charge on any atom is -0.493 e. The van der Waals surface area contributed by atoms with Gasteiger partial charge in [-0.05, 0) is 31.0 Å². The van der Waals surface area contributed by atoms with Crippen LogP contribution >= 0.6 is 0 Å². The van der Waals surface area contributed by atoms with Crippen molar-refractivity contribution in [1.82, 2.24) is 0 Å². The first kappa shape index (κ1) is 17.2. The minimum atomic E-state index is 0.716. The fraction of sp³-hybridized carbons (Fsp3) is 0.400. The second kappa shape index (κ2) is 9.78. The van der Waals surface area contributed by atoms with Crippen molar-refractivity contribution >= 4 is 5.69 Å². The Bertz CT molecular complexity index is 583. The number of hydrogen-bond acceptors (Lipinski definition) is 3. The summed E-state index contributed by atoms with van der Waals surface area (Å²) in [5.74, 6) is 1.86. The third kappa shape index (κ3) is 5.51. The van der Waals surface area contributed by atoms with Crippen LogP contribution in [0.5, 0.6) is 11.5 Å². The highest BCUT2D eigenvalue weighted by Crippen LogP contribution is 2.26. The van der Waals surface area contributed by atoms with Gasteiger partial charge in [0.1, 0.15) is 11.5 Å². The van der Waals surface area contributed by atoms with E-state index in [1.165, 1.54) is 0 Å². The zero-order valence-corrected chi connectivity index (χ0v) is 14.2. The van der Waals surface area contributed by atoms with Crippen LogP contribution in [0.2, 0.25) is 0 Å². The van der Waals surface area contributed by atoms with Crippen LogP contribution < -0.4 is 14.8 Å².